The molecule has 0 fully saturated rings. The summed E-state index contributed by atoms with van der Waals surface area (Å²) in [6.45, 7) is 3.36. The SMILES string of the molecule is CCC(C)C(NC(=O)COC(=O)c1cc2c(s1)CCC2)C(=O)OC. The van der Waals surface area contributed by atoms with Gasteiger partial charge in [-0.3, -0.25) is 4.79 Å². The number of esters is 2. The number of carbonyl (C=O) groups excluding carboxylic acids is 3. The van der Waals surface area contributed by atoms with Crippen molar-refractivity contribution in [2.45, 2.75) is 45.6 Å². The van der Waals surface area contributed by atoms with E-state index in [4.69, 9.17) is 9.47 Å². The lowest BCUT2D eigenvalue weighted by Gasteiger charge is -2.21. The van der Waals surface area contributed by atoms with E-state index in [2.05, 4.69) is 5.32 Å². The molecule has 2 atom stereocenters. The van der Waals surface area contributed by atoms with Gasteiger partial charge in [0.15, 0.2) is 6.61 Å². The van der Waals surface area contributed by atoms with Gasteiger partial charge in [0.25, 0.3) is 5.91 Å². The molecule has 0 spiro atoms. The second-order valence-corrected chi connectivity index (χ2v) is 7.08. The van der Waals surface area contributed by atoms with E-state index in [1.165, 1.54) is 28.9 Å². The normalized spacial score (nSPS) is 15.3. The quantitative estimate of drug-likeness (QED) is 0.759. The number of hydrogen-bond acceptors (Lipinski definition) is 6. The van der Waals surface area contributed by atoms with Crippen LogP contribution in [0.15, 0.2) is 6.07 Å². The average molecular weight is 353 g/mol. The molecule has 1 amide bonds. The van der Waals surface area contributed by atoms with Crippen molar-refractivity contribution in [2.75, 3.05) is 13.7 Å². The summed E-state index contributed by atoms with van der Waals surface area (Å²) in [6, 6.07) is 1.11. The van der Waals surface area contributed by atoms with Crippen LogP contribution < -0.4 is 5.32 Å². The Hall–Kier alpha value is -1.89. The van der Waals surface area contributed by atoms with E-state index in [0.29, 0.717) is 11.3 Å². The van der Waals surface area contributed by atoms with Crippen molar-refractivity contribution in [3.8, 4) is 0 Å². The zero-order valence-corrected chi connectivity index (χ0v) is 15.0. The lowest BCUT2D eigenvalue weighted by Crippen LogP contribution is -2.47. The summed E-state index contributed by atoms with van der Waals surface area (Å²) in [5.74, 6) is -1.58. The Morgan fingerprint density at radius 2 is 2.08 bits per heavy atom. The maximum absolute atomic E-state index is 12.0. The number of hydrogen-bond donors (Lipinski definition) is 1. The highest BCUT2D eigenvalue weighted by molar-refractivity contribution is 7.14. The van der Waals surface area contributed by atoms with Gasteiger partial charge in [0, 0.05) is 4.88 Å². The van der Waals surface area contributed by atoms with Gasteiger partial charge in [-0.15, -0.1) is 11.3 Å². The lowest BCUT2D eigenvalue weighted by molar-refractivity contribution is -0.147. The second kappa shape index (κ2) is 8.28. The number of ether oxygens (including phenoxy) is 2. The van der Waals surface area contributed by atoms with Crippen LogP contribution in [0.25, 0.3) is 0 Å². The molecule has 0 saturated heterocycles. The van der Waals surface area contributed by atoms with E-state index in [0.717, 1.165) is 19.3 Å². The summed E-state index contributed by atoms with van der Waals surface area (Å²) in [4.78, 5) is 37.5. The highest BCUT2D eigenvalue weighted by Gasteiger charge is 2.27. The molecule has 132 valence electrons. The van der Waals surface area contributed by atoms with Crippen molar-refractivity contribution in [1.82, 2.24) is 5.32 Å². The van der Waals surface area contributed by atoms with E-state index >= 15 is 0 Å². The van der Waals surface area contributed by atoms with Gasteiger partial charge in [-0.1, -0.05) is 20.3 Å². The van der Waals surface area contributed by atoms with Crippen molar-refractivity contribution in [2.24, 2.45) is 5.92 Å². The van der Waals surface area contributed by atoms with E-state index in [1.807, 2.05) is 19.9 Å². The van der Waals surface area contributed by atoms with E-state index in [1.54, 1.807) is 0 Å². The Morgan fingerprint density at radius 1 is 1.33 bits per heavy atom. The summed E-state index contributed by atoms with van der Waals surface area (Å²) in [6.07, 6.45) is 3.84. The first-order chi connectivity index (χ1) is 11.5. The topological polar surface area (TPSA) is 81.7 Å². The molecule has 2 rings (SSSR count). The molecule has 2 unspecified atom stereocenters. The molecule has 0 bridgehead atoms. The minimum absolute atomic E-state index is 0.0719. The van der Waals surface area contributed by atoms with Crippen LogP contribution in [-0.4, -0.2) is 37.6 Å². The third-order valence-corrected chi connectivity index (χ3v) is 5.48. The van der Waals surface area contributed by atoms with Gasteiger partial charge in [-0.2, -0.15) is 0 Å². The molecule has 24 heavy (non-hydrogen) atoms. The third-order valence-electron chi connectivity index (χ3n) is 4.27. The zero-order chi connectivity index (χ0) is 17.7. The number of amides is 1. The number of rotatable bonds is 7. The van der Waals surface area contributed by atoms with Gasteiger partial charge in [0.05, 0.1) is 7.11 Å². The monoisotopic (exact) mass is 353 g/mol. The van der Waals surface area contributed by atoms with E-state index < -0.39 is 30.5 Å². The maximum Gasteiger partial charge on any atom is 0.348 e. The smallest absolute Gasteiger partial charge is 0.348 e. The van der Waals surface area contributed by atoms with Crippen molar-refractivity contribution in [1.29, 1.82) is 0 Å². The Kier molecular flexibility index (Phi) is 6.36. The van der Waals surface area contributed by atoms with Gasteiger partial charge in [0.1, 0.15) is 10.9 Å². The van der Waals surface area contributed by atoms with Gasteiger partial charge in [-0.25, -0.2) is 9.59 Å². The summed E-state index contributed by atoms with van der Waals surface area (Å²) in [5, 5.41) is 2.58. The molecular weight excluding hydrogens is 330 g/mol. The predicted octanol–water partition coefficient (Wildman–Crippen LogP) is 2.10. The first-order valence-electron chi connectivity index (χ1n) is 8.12. The first kappa shape index (κ1) is 18.4. The number of thiophene rings is 1. The molecular formula is C17H23NO5S. The summed E-state index contributed by atoms with van der Waals surface area (Å²) < 4.78 is 9.77. The van der Waals surface area contributed by atoms with Gasteiger partial charge < -0.3 is 14.8 Å². The molecule has 7 heteroatoms. The van der Waals surface area contributed by atoms with E-state index in [-0.39, 0.29) is 5.92 Å². The largest absolute Gasteiger partial charge is 0.467 e. The fourth-order valence-electron chi connectivity index (χ4n) is 2.64. The van der Waals surface area contributed by atoms with E-state index in [9.17, 15) is 14.4 Å². The molecule has 1 aliphatic rings. The van der Waals surface area contributed by atoms with Gasteiger partial charge in [-0.05, 0) is 36.8 Å². The molecule has 1 N–H and O–H groups in total. The molecule has 1 heterocycles. The fourth-order valence-corrected chi connectivity index (χ4v) is 3.79. The van der Waals surface area contributed by atoms with Crippen LogP contribution in [0, 0.1) is 5.92 Å². The number of carbonyl (C=O) groups is 3. The van der Waals surface area contributed by atoms with Gasteiger partial charge >= 0.3 is 11.9 Å². The highest BCUT2D eigenvalue weighted by atomic mass is 32.1. The number of fused-ring (bicyclic) bond motifs is 1. The molecule has 0 saturated carbocycles. The lowest BCUT2D eigenvalue weighted by atomic mass is 9.99. The average Bonchev–Trinajstić information content (AvgIpc) is 3.17. The summed E-state index contributed by atoms with van der Waals surface area (Å²) in [7, 11) is 1.28. The molecule has 1 aromatic heterocycles. The minimum atomic E-state index is -0.739. The summed E-state index contributed by atoms with van der Waals surface area (Å²) in [5.41, 5.74) is 1.21. The predicted molar refractivity (Wildman–Crippen MR) is 90.0 cm³/mol. The number of aryl methyl sites for hydroxylation is 2. The van der Waals surface area contributed by atoms with Crippen LogP contribution in [0.3, 0.4) is 0 Å². The second-order valence-electron chi connectivity index (χ2n) is 5.94. The van der Waals surface area contributed by atoms with Crippen molar-refractivity contribution >= 4 is 29.2 Å². The molecule has 1 aromatic rings. The van der Waals surface area contributed by atoms with Crippen LogP contribution in [0.1, 0.15) is 46.8 Å². The Morgan fingerprint density at radius 3 is 2.71 bits per heavy atom. The highest BCUT2D eigenvalue weighted by Crippen LogP contribution is 2.30. The zero-order valence-electron chi connectivity index (χ0n) is 14.2. The first-order valence-corrected chi connectivity index (χ1v) is 8.93. The Bertz CT molecular complexity index is 603. The number of nitrogens with one attached hydrogen (secondary N) is 1. The molecule has 0 aliphatic heterocycles. The molecule has 0 radical (unpaired) electrons. The number of methoxy groups -OCH3 is 1. The van der Waals surface area contributed by atoms with Crippen molar-refractivity contribution < 1.29 is 23.9 Å². The standard InChI is InChI=1S/C17H23NO5S/c1-4-10(2)15(17(21)22-3)18-14(19)9-23-16(20)13-8-11-6-5-7-12(11)24-13/h8,10,15H,4-7,9H2,1-3H3,(H,18,19). The van der Waals surface area contributed by atoms with Crippen molar-refractivity contribution in [3.05, 3.63) is 21.4 Å². The van der Waals surface area contributed by atoms with Crippen LogP contribution in [0.5, 0.6) is 0 Å². The Labute approximate surface area is 145 Å². The fraction of sp³-hybridized carbons (Fsp3) is 0.588. The van der Waals surface area contributed by atoms with Crippen LogP contribution >= 0.6 is 11.3 Å². The third kappa shape index (κ3) is 4.35. The maximum atomic E-state index is 12.0. The van der Waals surface area contributed by atoms with Crippen molar-refractivity contribution in [3.63, 3.8) is 0 Å². The van der Waals surface area contributed by atoms with Crippen LogP contribution in [-0.2, 0) is 31.9 Å². The molecule has 6 nitrogen and oxygen atoms in total. The molecule has 0 aromatic carbocycles. The summed E-state index contributed by atoms with van der Waals surface area (Å²) >= 11 is 1.43. The van der Waals surface area contributed by atoms with Gasteiger partial charge in [0.2, 0.25) is 0 Å². The Balaban J connectivity index is 1.86. The van der Waals surface area contributed by atoms with Crippen LogP contribution in [0.4, 0.5) is 0 Å². The minimum Gasteiger partial charge on any atom is -0.467 e. The molecule has 1 aliphatic carbocycles. The van der Waals surface area contributed by atoms with Crippen LogP contribution in [0.2, 0.25) is 0 Å².